The van der Waals surface area contributed by atoms with Gasteiger partial charge in [0.05, 0.1) is 31.8 Å². The van der Waals surface area contributed by atoms with Gasteiger partial charge in [-0.3, -0.25) is 9.80 Å². The quantitative estimate of drug-likeness (QED) is 0.506. The van der Waals surface area contributed by atoms with Gasteiger partial charge in [0.1, 0.15) is 11.5 Å². The van der Waals surface area contributed by atoms with Crippen LogP contribution in [0, 0.1) is 6.92 Å². The Morgan fingerprint density at radius 2 is 1.89 bits per heavy atom. The Morgan fingerprint density at radius 3 is 2.51 bits per heavy atom. The molecule has 0 aromatic heterocycles. The summed E-state index contributed by atoms with van der Waals surface area (Å²) in [4.78, 5) is 28.4. The molecule has 5 rings (SSSR count). The summed E-state index contributed by atoms with van der Waals surface area (Å²) in [5, 5.41) is 14.5. The van der Waals surface area contributed by atoms with Crippen molar-refractivity contribution in [2.45, 2.75) is 57.5 Å². The molecule has 1 saturated carbocycles. The first-order chi connectivity index (χ1) is 17.3. The van der Waals surface area contributed by atoms with Crippen molar-refractivity contribution in [2.24, 2.45) is 0 Å². The fraction of sp³-hybridized carbons (Fsp3) is 0.500. The second-order valence-corrected chi connectivity index (χ2v) is 10.3. The molecule has 9 heteroatoms. The van der Waals surface area contributed by atoms with Gasteiger partial charge in [0.2, 0.25) is 0 Å². The number of benzene rings is 2. The number of piperidine rings is 1. The Labute approximate surface area is 240 Å². The van der Waals surface area contributed by atoms with E-state index in [9.17, 15) is 14.7 Å². The predicted octanol–water partition coefficient (Wildman–Crippen LogP) is 0.212. The second-order valence-electron chi connectivity index (χ2n) is 10.3. The van der Waals surface area contributed by atoms with E-state index < -0.39 is 5.97 Å². The van der Waals surface area contributed by atoms with E-state index in [0.717, 1.165) is 38.2 Å². The summed E-state index contributed by atoms with van der Waals surface area (Å²) >= 11 is 0. The summed E-state index contributed by atoms with van der Waals surface area (Å²) in [6, 6.07) is 9.04. The van der Waals surface area contributed by atoms with Crippen LogP contribution in [0.5, 0.6) is 11.5 Å². The molecule has 1 spiro atoms. The summed E-state index contributed by atoms with van der Waals surface area (Å²) < 4.78 is 11.1. The topological polar surface area (TPSA) is 94.2 Å². The first-order valence-electron chi connectivity index (χ1n) is 12.8. The van der Waals surface area contributed by atoms with Gasteiger partial charge in [-0.2, -0.15) is 0 Å². The molecule has 2 aromatic rings. The molecule has 37 heavy (non-hydrogen) atoms. The van der Waals surface area contributed by atoms with Crippen molar-refractivity contribution in [3.63, 3.8) is 0 Å². The number of nitrogens with one attached hydrogen (secondary N) is 1. The summed E-state index contributed by atoms with van der Waals surface area (Å²) in [5.41, 5.74) is 4.32. The summed E-state index contributed by atoms with van der Waals surface area (Å²) in [6.07, 6.45) is 4.24. The molecule has 2 aliphatic heterocycles. The van der Waals surface area contributed by atoms with Crippen LogP contribution in [0.1, 0.15) is 65.6 Å². The Bertz CT molecular complexity index is 1170. The summed E-state index contributed by atoms with van der Waals surface area (Å²) in [7, 11) is 1.41. The number of carboxylic acids is 1. The van der Waals surface area contributed by atoms with E-state index in [1.54, 1.807) is 17.0 Å². The van der Waals surface area contributed by atoms with Gasteiger partial charge >= 0.3 is 35.6 Å². The summed E-state index contributed by atoms with van der Waals surface area (Å²) in [5.74, 6) is 0.532. The number of rotatable bonds is 8. The fourth-order valence-corrected chi connectivity index (χ4v) is 5.57. The molecule has 0 radical (unpaired) electrons. The predicted molar refractivity (Wildman–Crippen MR) is 135 cm³/mol. The molecule has 3 fully saturated rings. The minimum Gasteiger partial charge on any atom is -0.545 e. The van der Waals surface area contributed by atoms with E-state index in [0.29, 0.717) is 24.8 Å². The molecular weight excluding hydrogens is 481 g/mol. The maximum atomic E-state index is 12.9. The number of aryl methyl sites for hydroxylation is 1. The molecule has 1 N–H and O–H groups in total. The van der Waals surface area contributed by atoms with E-state index in [-0.39, 0.29) is 52.4 Å². The number of anilines is 1. The van der Waals surface area contributed by atoms with Crippen LogP contribution in [0.25, 0.3) is 0 Å². The molecule has 192 valence electrons. The normalized spacial score (nSPS) is 18.9. The SMILES string of the molecule is CCOc1cc(CN2CCC3(CC2)CN(c2ccc(C(=O)[O-])c(OC)c2)C(=O)N3)c(C2CC2)cc1C.[Na+]. The molecule has 0 atom stereocenters. The number of hydrogen-bond donors (Lipinski definition) is 1. The molecule has 1 aliphatic carbocycles. The number of ether oxygens (including phenoxy) is 2. The zero-order valence-corrected chi connectivity index (χ0v) is 24.3. The number of nitrogens with zero attached hydrogens (tertiary/aromatic N) is 2. The maximum Gasteiger partial charge on any atom is 1.00 e. The maximum absolute atomic E-state index is 12.9. The average molecular weight is 516 g/mol. The number of methoxy groups -OCH3 is 1. The minimum absolute atomic E-state index is 0. The average Bonchev–Trinajstić information content (AvgIpc) is 3.66. The molecular formula is C28H34N3NaO5. The monoisotopic (exact) mass is 515 g/mol. The van der Waals surface area contributed by atoms with Gasteiger partial charge < -0.3 is 24.7 Å². The molecule has 8 nitrogen and oxygen atoms in total. The van der Waals surface area contributed by atoms with Crippen molar-refractivity contribution in [1.29, 1.82) is 0 Å². The van der Waals surface area contributed by atoms with E-state index in [2.05, 4.69) is 29.3 Å². The van der Waals surface area contributed by atoms with Crippen molar-refractivity contribution in [3.05, 3.63) is 52.6 Å². The minimum atomic E-state index is -1.31. The third-order valence-electron chi connectivity index (χ3n) is 7.76. The van der Waals surface area contributed by atoms with Crippen molar-refractivity contribution < 1.29 is 53.7 Å². The van der Waals surface area contributed by atoms with Crippen LogP contribution >= 0.6 is 0 Å². The number of hydrogen-bond acceptors (Lipinski definition) is 6. The van der Waals surface area contributed by atoms with Crippen LogP contribution in [0.2, 0.25) is 0 Å². The Balaban J connectivity index is 0.00000320. The molecule has 0 unspecified atom stereocenters. The van der Waals surface area contributed by atoms with Gasteiger partial charge in [0.25, 0.3) is 0 Å². The molecule has 3 aliphatic rings. The van der Waals surface area contributed by atoms with Crippen LogP contribution < -0.4 is 54.4 Å². The molecule has 2 aromatic carbocycles. The number of carbonyl (C=O) groups is 2. The number of amides is 2. The smallest absolute Gasteiger partial charge is 0.545 e. The molecule has 2 amide bonds. The first kappa shape index (κ1) is 27.8. The van der Waals surface area contributed by atoms with Crippen LogP contribution in [0.4, 0.5) is 10.5 Å². The zero-order chi connectivity index (χ0) is 25.4. The van der Waals surface area contributed by atoms with E-state index in [1.807, 2.05) is 6.92 Å². The van der Waals surface area contributed by atoms with E-state index in [1.165, 1.54) is 42.7 Å². The fourth-order valence-electron chi connectivity index (χ4n) is 5.57. The molecule has 0 bridgehead atoms. The van der Waals surface area contributed by atoms with Crippen molar-refractivity contribution >= 4 is 17.7 Å². The van der Waals surface area contributed by atoms with Crippen LogP contribution in [0.15, 0.2) is 30.3 Å². The number of urea groups is 1. The standard InChI is InChI=1S/C28H35N3O5.Na/c1-4-36-24-14-20(23(13-18(24)2)19-5-6-19)16-30-11-9-28(10-12-30)17-31(27(34)29-28)21-7-8-22(26(32)33)25(15-21)35-3;/h7-8,13-15,19H,4-6,9-12,16-17H2,1-3H3,(H,29,34)(H,32,33);/q;+1/p-1. The van der Waals surface area contributed by atoms with Crippen LogP contribution in [-0.4, -0.2) is 55.8 Å². The first-order valence-corrected chi connectivity index (χ1v) is 12.8. The van der Waals surface area contributed by atoms with Crippen molar-refractivity contribution in [1.82, 2.24) is 10.2 Å². The van der Waals surface area contributed by atoms with Gasteiger partial charge in [-0.15, -0.1) is 0 Å². The van der Waals surface area contributed by atoms with Gasteiger partial charge in [-0.05, 0) is 80.3 Å². The largest absolute Gasteiger partial charge is 1.00 e. The number of carbonyl (C=O) groups excluding carboxylic acids is 2. The van der Waals surface area contributed by atoms with E-state index in [4.69, 9.17) is 9.47 Å². The third kappa shape index (κ3) is 5.77. The Morgan fingerprint density at radius 1 is 1.16 bits per heavy atom. The number of carboxylic acid groups (broad SMARTS) is 1. The number of aromatic carboxylic acids is 1. The Hall–Kier alpha value is -2.26. The molecule has 2 saturated heterocycles. The van der Waals surface area contributed by atoms with Crippen LogP contribution in [0.3, 0.4) is 0 Å². The van der Waals surface area contributed by atoms with Gasteiger partial charge in [0.15, 0.2) is 0 Å². The van der Waals surface area contributed by atoms with Crippen molar-refractivity contribution in [3.8, 4) is 11.5 Å². The molecule has 2 heterocycles. The van der Waals surface area contributed by atoms with Gasteiger partial charge in [-0.1, -0.05) is 6.07 Å². The third-order valence-corrected chi connectivity index (χ3v) is 7.76. The van der Waals surface area contributed by atoms with Gasteiger partial charge in [0, 0.05) is 37.0 Å². The zero-order valence-electron chi connectivity index (χ0n) is 22.3. The Kier molecular flexibility index (Phi) is 8.43. The summed E-state index contributed by atoms with van der Waals surface area (Å²) in [6.45, 7) is 8.02. The van der Waals surface area contributed by atoms with Gasteiger partial charge in [-0.25, -0.2) is 4.79 Å². The number of likely N-dealkylation sites (tertiary alicyclic amines) is 1. The second kappa shape index (κ2) is 11.2. The van der Waals surface area contributed by atoms with E-state index >= 15 is 0 Å². The van der Waals surface area contributed by atoms with Crippen LogP contribution in [-0.2, 0) is 6.54 Å². The van der Waals surface area contributed by atoms with Crippen molar-refractivity contribution in [2.75, 3.05) is 38.3 Å².